The van der Waals surface area contributed by atoms with Crippen LogP contribution in [0, 0.1) is 0 Å². The number of ether oxygens (including phenoxy) is 1. The van der Waals surface area contributed by atoms with E-state index in [0.29, 0.717) is 16.8 Å². The van der Waals surface area contributed by atoms with E-state index in [-0.39, 0.29) is 5.97 Å². The Kier molecular flexibility index (Phi) is 3.97. The molecule has 0 N–H and O–H groups in total. The molecule has 1 aliphatic heterocycles. The van der Waals surface area contributed by atoms with E-state index in [2.05, 4.69) is 0 Å². The lowest BCUT2D eigenvalue weighted by atomic mass is 10.2. The van der Waals surface area contributed by atoms with E-state index in [4.69, 9.17) is 4.74 Å². The van der Waals surface area contributed by atoms with E-state index in [1.165, 1.54) is 0 Å². The number of carbonyl (C=O) groups is 1. The third kappa shape index (κ3) is 3.18. The van der Waals surface area contributed by atoms with Gasteiger partial charge < -0.3 is 4.74 Å². The van der Waals surface area contributed by atoms with Crippen LogP contribution >= 0.6 is 23.5 Å². The minimum atomic E-state index is -0.219. The summed E-state index contributed by atoms with van der Waals surface area (Å²) >= 11 is 3.73. The van der Waals surface area contributed by atoms with Gasteiger partial charge in [-0.25, -0.2) is 4.79 Å². The highest BCUT2D eigenvalue weighted by Gasteiger charge is 2.18. The summed E-state index contributed by atoms with van der Waals surface area (Å²) in [7, 11) is 0. The summed E-state index contributed by atoms with van der Waals surface area (Å²) in [6, 6.07) is 9.12. The maximum absolute atomic E-state index is 11.6. The van der Waals surface area contributed by atoms with Crippen LogP contribution in [0.25, 0.3) is 0 Å². The van der Waals surface area contributed by atoms with Crippen LogP contribution in [-0.4, -0.2) is 28.7 Å². The smallest absolute Gasteiger partial charge is 0.338 e. The van der Waals surface area contributed by atoms with Crippen molar-refractivity contribution < 1.29 is 9.53 Å². The predicted molar refractivity (Wildman–Crippen MR) is 65.4 cm³/mol. The van der Waals surface area contributed by atoms with Gasteiger partial charge in [-0.2, -0.15) is 0 Å². The van der Waals surface area contributed by atoms with Crippen molar-refractivity contribution in [3.8, 4) is 0 Å². The minimum absolute atomic E-state index is 0.219. The van der Waals surface area contributed by atoms with E-state index in [1.54, 1.807) is 12.1 Å². The molecular weight excluding hydrogens is 228 g/mol. The average Bonchev–Trinajstić information content (AvgIpc) is 2.80. The molecular formula is C11H12O2S2. The second-order valence-corrected chi connectivity index (χ2v) is 6.06. The van der Waals surface area contributed by atoms with Crippen molar-refractivity contribution in [1.82, 2.24) is 0 Å². The second kappa shape index (κ2) is 5.47. The number of carbonyl (C=O) groups excluding carboxylic acids is 1. The van der Waals surface area contributed by atoms with Gasteiger partial charge in [0.25, 0.3) is 0 Å². The highest BCUT2D eigenvalue weighted by atomic mass is 32.2. The Morgan fingerprint density at radius 1 is 1.27 bits per heavy atom. The molecule has 15 heavy (non-hydrogen) atoms. The Bertz CT molecular complexity index is 321. The van der Waals surface area contributed by atoms with Crippen LogP contribution in [0.15, 0.2) is 30.3 Å². The molecule has 80 valence electrons. The zero-order valence-corrected chi connectivity index (χ0v) is 9.85. The van der Waals surface area contributed by atoms with Gasteiger partial charge in [0.15, 0.2) is 0 Å². The normalized spacial score (nSPS) is 16.5. The van der Waals surface area contributed by atoms with Crippen molar-refractivity contribution in [1.29, 1.82) is 0 Å². The van der Waals surface area contributed by atoms with E-state index in [1.807, 2.05) is 41.7 Å². The molecule has 4 heteroatoms. The van der Waals surface area contributed by atoms with E-state index in [9.17, 15) is 4.79 Å². The molecule has 1 aliphatic rings. The van der Waals surface area contributed by atoms with Crippen molar-refractivity contribution >= 4 is 29.5 Å². The average molecular weight is 240 g/mol. The number of benzene rings is 1. The van der Waals surface area contributed by atoms with Gasteiger partial charge in [0.2, 0.25) is 0 Å². The molecule has 1 aromatic rings. The van der Waals surface area contributed by atoms with Crippen LogP contribution in [-0.2, 0) is 4.74 Å². The molecule has 0 unspecified atom stereocenters. The molecule has 0 aromatic heterocycles. The van der Waals surface area contributed by atoms with Crippen molar-refractivity contribution in [3.63, 3.8) is 0 Å². The molecule has 1 heterocycles. The summed E-state index contributed by atoms with van der Waals surface area (Å²) in [6.45, 7) is 0.517. The molecule has 1 aromatic carbocycles. The topological polar surface area (TPSA) is 26.3 Å². The van der Waals surface area contributed by atoms with Gasteiger partial charge >= 0.3 is 5.97 Å². The summed E-state index contributed by atoms with van der Waals surface area (Å²) in [5, 5.41) is 0. The van der Waals surface area contributed by atoms with Gasteiger partial charge in [-0.05, 0) is 12.1 Å². The zero-order chi connectivity index (χ0) is 10.5. The summed E-state index contributed by atoms with van der Waals surface area (Å²) in [4.78, 5) is 11.6. The summed E-state index contributed by atoms with van der Waals surface area (Å²) < 4.78 is 5.66. The highest BCUT2D eigenvalue weighted by Crippen LogP contribution is 2.31. The van der Waals surface area contributed by atoms with Crippen LogP contribution in [0.3, 0.4) is 0 Å². The number of thioether (sulfide) groups is 2. The lowest BCUT2D eigenvalue weighted by molar-refractivity contribution is 0.0524. The van der Waals surface area contributed by atoms with E-state index < -0.39 is 0 Å². The Labute approximate surface area is 97.8 Å². The molecule has 0 saturated carbocycles. The first-order chi connectivity index (χ1) is 7.36. The minimum Gasteiger partial charge on any atom is -0.460 e. The van der Waals surface area contributed by atoms with E-state index >= 15 is 0 Å². The lowest BCUT2D eigenvalue weighted by Crippen LogP contribution is -2.11. The van der Waals surface area contributed by atoms with Gasteiger partial charge in [-0.3, -0.25) is 0 Å². The first-order valence-corrected chi connectivity index (χ1v) is 6.91. The van der Waals surface area contributed by atoms with Crippen LogP contribution in [0.1, 0.15) is 10.4 Å². The van der Waals surface area contributed by atoms with Crippen LogP contribution < -0.4 is 0 Å². The molecule has 0 radical (unpaired) electrons. The SMILES string of the molecule is O=C(OCC1SCCS1)c1ccccc1. The van der Waals surface area contributed by atoms with Gasteiger partial charge in [0.1, 0.15) is 6.61 Å². The van der Waals surface area contributed by atoms with Gasteiger partial charge in [0.05, 0.1) is 10.1 Å². The Morgan fingerprint density at radius 2 is 1.93 bits per heavy atom. The maximum Gasteiger partial charge on any atom is 0.338 e. The standard InChI is InChI=1S/C11H12O2S2/c12-11(9-4-2-1-3-5-9)13-8-10-14-6-7-15-10/h1-5,10H,6-8H2. The quantitative estimate of drug-likeness (QED) is 0.759. The molecule has 2 rings (SSSR count). The molecule has 1 fully saturated rings. The van der Waals surface area contributed by atoms with Crippen molar-refractivity contribution in [2.24, 2.45) is 0 Å². The number of esters is 1. The van der Waals surface area contributed by atoms with Gasteiger partial charge in [-0.15, -0.1) is 23.5 Å². The number of rotatable bonds is 3. The summed E-state index contributed by atoms with van der Waals surface area (Å²) in [5.41, 5.74) is 0.630. The summed E-state index contributed by atoms with van der Waals surface area (Å²) in [5.74, 6) is 2.11. The van der Waals surface area contributed by atoms with Crippen LogP contribution in [0.2, 0.25) is 0 Å². The highest BCUT2D eigenvalue weighted by molar-refractivity contribution is 8.20. The maximum atomic E-state index is 11.6. The van der Waals surface area contributed by atoms with Gasteiger partial charge in [-0.1, -0.05) is 18.2 Å². The van der Waals surface area contributed by atoms with Crippen molar-refractivity contribution in [3.05, 3.63) is 35.9 Å². The molecule has 0 bridgehead atoms. The number of hydrogen-bond acceptors (Lipinski definition) is 4. The second-order valence-electron chi connectivity index (χ2n) is 3.14. The monoisotopic (exact) mass is 240 g/mol. The predicted octanol–water partition coefficient (Wildman–Crippen LogP) is 2.65. The fourth-order valence-electron chi connectivity index (χ4n) is 1.30. The molecule has 0 spiro atoms. The Hall–Kier alpha value is -0.610. The molecule has 2 nitrogen and oxygen atoms in total. The Balaban J connectivity index is 1.82. The lowest BCUT2D eigenvalue weighted by Gasteiger charge is -2.08. The largest absolute Gasteiger partial charge is 0.460 e. The number of hydrogen-bond donors (Lipinski definition) is 0. The third-order valence-electron chi connectivity index (χ3n) is 2.05. The first-order valence-electron chi connectivity index (χ1n) is 4.81. The Morgan fingerprint density at radius 3 is 2.60 bits per heavy atom. The van der Waals surface area contributed by atoms with Crippen molar-refractivity contribution in [2.75, 3.05) is 18.1 Å². The van der Waals surface area contributed by atoms with Crippen LogP contribution in [0.4, 0.5) is 0 Å². The van der Waals surface area contributed by atoms with Gasteiger partial charge in [0, 0.05) is 11.5 Å². The van der Waals surface area contributed by atoms with Crippen molar-refractivity contribution in [2.45, 2.75) is 4.58 Å². The molecule has 0 atom stereocenters. The van der Waals surface area contributed by atoms with Crippen LogP contribution in [0.5, 0.6) is 0 Å². The summed E-state index contributed by atoms with van der Waals surface area (Å²) in [6.07, 6.45) is 0. The first kappa shape index (κ1) is 10.9. The molecule has 0 amide bonds. The fraction of sp³-hybridized carbons (Fsp3) is 0.364. The van der Waals surface area contributed by atoms with E-state index in [0.717, 1.165) is 11.5 Å². The third-order valence-corrected chi connectivity index (χ3v) is 5.02. The zero-order valence-electron chi connectivity index (χ0n) is 8.22. The fourth-order valence-corrected chi connectivity index (χ4v) is 3.89. The molecule has 1 saturated heterocycles. The molecule has 0 aliphatic carbocycles.